The standard InChI is InChI=1S/C18H17Cl2N5O2S/c1-2-27-13-6-3-11(4-7-13)17-23-24-18(25(17)21)28-10-16(26)22-12-5-8-14(19)15(20)9-12/h3-9H,2,10,21H2,1H3,(H,22,26). The number of nitrogens with zero attached hydrogens (tertiary/aromatic N) is 3. The molecule has 0 aliphatic carbocycles. The second-order valence-electron chi connectivity index (χ2n) is 5.60. The molecule has 10 heteroatoms. The van der Waals surface area contributed by atoms with Crippen LogP contribution in [0.25, 0.3) is 11.4 Å². The van der Waals surface area contributed by atoms with E-state index in [9.17, 15) is 4.79 Å². The molecular weight excluding hydrogens is 421 g/mol. The van der Waals surface area contributed by atoms with Crippen LogP contribution in [-0.2, 0) is 4.79 Å². The summed E-state index contributed by atoms with van der Waals surface area (Å²) in [5.74, 6) is 7.23. The quantitative estimate of drug-likeness (QED) is 0.426. The van der Waals surface area contributed by atoms with E-state index in [1.54, 1.807) is 18.2 Å². The molecular formula is C18H17Cl2N5O2S. The Kier molecular flexibility index (Phi) is 6.66. The third kappa shape index (κ3) is 4.89. The first-order chi connectivity index (χ1) is 13.5. The number of halogens is 2. The summed E-state index contributed by atoms with van der Waals surface area (Å²) in [6, 6.07) is 12.3. The first-order valence-electron chi connectivity index (χ1n) is 8.29. The molecule has 0 saturated carbocycles. The van der Waals surface area contributed by atoms with Gasteiger partial charge in [-0.05, 0) is 49.4 Å². The van der Waals surface area contributed by atoms with Gasteiger partial charge >= 0.3 is 0 Å². The number of thioether (sulfide) groups is 1. The third-order valence-electron chi connectivity index (χ3n) is 3.62. The molecule has 1 aromatic heterocycles. The number of aromatic nitrogens is 3. The van der Waals surface area contributed by atoms with Crippen molar-refractivity contribution in [2.75, 3.05) is 23.5 Å². The molecule has 0 aliphatic rings. The molecule has 3 N–H and O–H groups in total. The fraction of sp³-hybridized carbons (Fsp3) is 0.167. The summed E-state index contributed by atoms with van der Waals surface area (Å²) in [6.45, 7) is 2.52. The van der Waals surface area contributed by atoms with Crippen LogP contribution in [0, 0.1) is 0 Å². The molecule has 2 aromatic carbocycles. The Morgan fingerprint density at radius 3 is 2.61 bits per heavy atom. The average Bonchev–Trinajstić information content (AvgIpc) is 3.04. The molecule has 146 valence electrons. The zero-order valence-corrected chi connectivity index (χ0v) is 17.2. The lowest BCUT2D eigenvalue weighted by atomic mass is 10.2. The fourth-order valence-corrected chi connectivity index (χ4v) is 3.29. The van der Waals surface area contributed by atoms with Crippen molar-refractivity contribution in [3.63, 3.8) is 0 Å². The predicted octanol–water partition coefficient (Wildman–Crippen LogP) is 4.10. The van der Waals surface area contributed by atoms with E-state index in [1.165, 1.54) is 16.4 Å². The average molecular weight is 438 g/mol. The monoisotopic (exact) mass is 437 g/mol. The van der Waals surface area contributed by atoms with E-state index in [4.69, 9.17) is 33.8 Å². The van der Waals surface area contributed by atoms with E-state index in [1.807, 2.05) is 31.2 Å². The van der Waals surface area contributed by atoms with Crippen molar-refractivity contribution in [2.45, 2.75) is 12.1 Å². The zero-order chi connectivity index (χ0) is 20.1. The largest absolute Gasteiger partial charge is 0.494 e. The number of hydrogen-bond acceptors (Lipinski definition) is 6. The van der Waals surface area contributed by atoms with Crippen molar-refractivity contribution in [1.29, 1.82) is 0 Å². The van der Waals surface area contributed by atoms with Gasteiger partial charge in [-0.25, -0.2) is 4.68 Å². The number of carbonyl (C=O) groups excluding carboxylic acids is 1. The third-order valence-corrected chi connectivity index (χ3v) is 5.31. The van der Waals surface area contributed by atoms with Gasteiger partial charge in [-0.2, -0.15) is 0 Å². The van der Waals surface area contributed by atoms with Crippen molar-refractivity contribution in [3.05, 3.63) is 52.5 Å². The van der Waals surface area contributed by atoms with Crippen molar-refractivity contribution >= 4 is 46.6 Å². The Labute approximate surface area is 176 Å². The topological polar surface area (TPSA) is 95.1 Å². The predicted molar refractivity (Wildman–Crippen MR) is 113 cm³/mol. The van der Waals surface area contributed by atoms with Gasteiger partial charge in [0.25, 0.3) is 0 Å². The highest BCUT2D eigenvalue weighted by Gasteiger charge is 2.14. The van der Waals surface area contributed by atoms with E-state index in [2.05, 4.69) is 15.5 Å². The highest BCUT2D eigenvalue weighted by molar-refractivity contribution is 7.99. The number of ether oxygens (including phenoxy) is 1. The van der Waals surface area contributed by atoms with E-state index in [0.29, 0.717) is 33.3 Å². The smallest absolute Gasteiger partial charge is 0.234 e. The lowest BCUT2D eigenvalue weighted by Crippen LogP contribution is -2.16. The van der Waals surface area contributed by atoms with Gasteiger partial charge in [0.2, 0.25) is 11.1 Å². The maximum atomic E-state index is 12.1. The normalized spacial score (nSPS) is 10.7. The zero-order valence-electron chi connectivity index (χ0n) is 14.9. The Hall–Kier alpha value is -2.42. The van der Waals surface area contributed by atoms with Crippen LogP contribution in [0.3, 0.4) is 0 Å². The van der Waals surface area contributed by atoms with Crippen LogP contribution in [0.4, 0.5) is 5.69 Å². The first-order valence-corrected chi connectivity index (χ1v) is 10.0. The Bertz CT molecular complexity index is 979. The number of hydrogen-bond donors (Lipinski definition) is 2. The van der Waals surface area contributed by atoms with E-state index in [0.717, 1.165) is 11.3 Å². The van der Waals surface area contributed by atoms with Crippen LogP contribution in [0.15, 0.2) is 47.6 Å². The number of amides is 1. The summed E-state index contributed by atoms with van der Waals surface area (Å²) in [4.78, 5) is 12.1. The number of nitrogen functional groups attached to an aromatic ring is 1. The van der Waals surface area contributed by atoms with Gasteiger partial charge in [-0.1, -0.05) is 35.0 Å². The first kappa shape index (κ1) is 20.3. The van der Waals surface area contributed by atoms with Crippen molar-refractivity contribution in [3.8, 4) is 17.1 Å². The van der Waals surface area contributed by atoms with E-state index in [-0.39, 0.29) is 11.7 Å². The number of benzene rings is 2. The van der Waals surface area contributed by atoms with Gasteiger partial charge < -0.3 is 15.9 Å². The van der Waals surface area contributed by atoms with Gasteiger partial charge in [0.05, 0.1) is 22.4 Å². The second-order valence-corrected chi connectivity index (χ2v) is 7.36. The molecule has 1 heterocycles. The minimum Gasteiger partial charge on any atom is -0.494 e. The van der Waals surface area contributed by atoms with Crippen LogP contribution in [0.1, 0.15) is 6.92 Å². The fourth-order valence-electron chi connectivity index (χ4n) is 2.34. The summed E-state index contributed by atoms with van der Waals surface area (Å²) in [7, 11) is 0. The molecule has 3 rings (SSSR count). The van der Waals surface area contributed by atoms with Crippen molar-refractivity contribution in [1.82, 2.24) is 14.9 Å². The molecule has 0 aliphatic heterocycles. The number of anilines is 1. The molecule has 0 spiro atoms. The van der Waals surface area contributed by atoms with Crippen LogP contribution in [0.5, 0.6) is 5.75 Å². The number of nitrogens with one attached hydrogen (secondary N) is 1. The minimum atomic E-state index is -0.228. The summed E-state index contributed by atoms with van der Waals surface area (Å²) in [6.07, 6.45) is 0. The Balaban J connectivity index is 1.62. The van der Waals surface area contributed by atoms with Gasteiger partial charge in [0.15, 0.2) is 5.82 Å². The van der Waals surface area contributed by atoms with E-state index < -0.39 is 0 Å². The summed E-state index contributed by atoms with van der Waals surface area (Å²) in [5, 5.41) is 12.1. The summed E-state index contributed by atoms with van der Waals surface area (Å²) in [5.41, 5.74) is 1.36. The van der Waals surface area contributed by atoms with Gasteiger partial charge in [0.1, 0.15) is 5.75 Å². The number of rotatable bonds is 7. The highest BCUT2D eigenvalue weighted by Crippen LogP contribution is 2.26. The number of carbonyl (C=O) groups is 1. The van der Waals surface area contributed by atoms with Crippen LogP contribution < -0.4 is 15.9 Å². The highest BCUT2D eigenvalue weighted by atomic mass is 35.5. The molecule has 0 fully saturated rings. The molecule has 3 aromatic rings. The van der Waals surface area contributed by atoms with Crippen LogP contribution in [-0.4, -0.2) is 33.1 Å². The molecule has 1 amide bonds. The van der Waals surface area contributed by atoms with Gasteiger partial charge in [0, 0.05) is 11.3 Å². The van der Waals surface area contributed by atoms with Crippen LogP contribution >= 0.6 is 35.0 Å². The number of nitrogens with two attached hydrogens (primary N) is 1. The Morgan fingerprint density at radius 1 is 1.18 bits per heavy atom. The van der Waals surface area contributed by atoms with Crippen LogP contribution in [0.2, 0.25) is 10.0 Å². The SMILES string of the molecule is CCOc1ccc(-c2nnc(SCC(=O)Nc3ccc(Cl)c(Cl)c3)n2N)cc1. The maximum absolute atomic E-state index is 12.1. The lowest BCUT2D eigenvalue weighted by molar-refractivity contribution is -0.113. The Morgan fingerprint density at radius 2 is 1.93 bits per heavy atom. The van der Waals surface area contributed by atoms with E-state index >= 15 is 0 Å². The van der Waals surface area contributed by atoms with Gasteiger partial charge in [-0.3, -0.25) is 4.79 Å². The summed E-state index contributed by atoms with van der Waals surface area (Å²) < 4.78 is 6.78. The minimum absolute atomic E-state index is 0.110. The molecule has 0 bridgehead atoms. The maximum Gasteiger partial charge on any atom is 0.234 e. The van der Waals surface area contributed by atoms with Gasteiger partial charge in [-0.15, -0.1) is 10.2 Å². The lowest BCUT2D eigenvalue weighted by Gasteiger charge is -2.07. The molecule has 7 nitrogen and oxygen atoms in total. The molecule has 0 radical (unpaired) electrons. The molecule has 0 atom stereocenters. The second kappa shape index (κ2) is 9.18. The molecule has 0 saturated heterocycles. The van der Waals surface area contributed by atoms with Crippen molar-refractivity contribution in [2.24, 2.45) is 0 Å². The van der Waals surface area contributed by atoms with Crippen molar-refractivity contribution < 1.29 is 9.53 Å². The molecule has 28 heavy (non-hydrogen) atoms. The molecule has 0 unspecified atom stereocenters. The summed E-state index contributed by atoms with van der Waals surface area (Å²) >= 11 is 13.0.